The second-order valence-electron chi connectivity index (χ2n) is 3.92. The maximum absolute atomic E-state index is 12.2. The minimum absolute atomic E-state index is 0.0845. The van der Waals surface area contributed by atoms with Crippen molar-refractivity contribution in [2.75, 3.05) is 4.72 Å². The number of aromatic carboxylic acids is 1. The molecule has 0 saturated carbocycles. The zero-order chi connectivity index (χ0) is 15.6. The number of carboxylic acids is 1. The highest BCUT2D eigenvalue weighted by Gasteiger charge is 2.18. The molecule has 0 aliphatic rings. The SMILES string of the molecule is O=C(O)c1ccc(S(=O)(=O)Nc2ccc(Br)cc2Br)nc1. The van der Waals surface area contributed by atoms with Crippen LogP contribution < -0.4 is 4.72 Å². The quantitative estimate of drug-likeness (QED) is 0.768. The summed E-state index contributed by atoms with van der Waals surface area (Å²) < 4.78 is 28.1. The molecule has 2 rings (SSSR count). The molecule has 0 amide bonds. The number of pyridine rings is 1. The number of rotatable bonds is 4. The molecule has 0 radical (unpaired) electrons. The minimum Gasteiger partial charge on any atom is -0.478 e. The average molecular weight is 436 g/mol. The molecule has 21 heavy (non-hydrogen) atoms. The van der Waals surface area contributed by atoms with Crippen molar-refractivity contribution in [1.82, 2.24) is 4.98 Å². The van der Waals surface area contributed by atoms with E-state index in [1.807, 2.05) is 0 Å². The molecule has 2 aromatic rings. The standard InChI is InChI=1S/C12H8Br2N2O4S/c13-8-2-3-10(9(14)5-8)16-21(19,20)11-4-1-7(6-15-11)12(17)18/h1-6,16H,(H,17,18). The zero-order valence-electron chi connectivity index (χ0n) is 10.2. The van der Waals surface area contributed by atoms with Crippen molar-refractivity contribution >= 4 is 53.5 Å². The van der Waals surface area contributed by atoms with Crippen molar-refractivity contribution in [2.24, 2.45) is 0 Å². The number of nitrogens with zero attached hydrogens (tertiary/aromatic N) is 1. The lowest BCUT2D eigenvalue weighted by molar-refractivity contribution is 0.0696. The number of nitrogens with one attached hydrogen (secondary N) is 1. The molecule has 1 aromatic heterocycles. The van der Waals surface area contributed by atoms with Crippen LogP contribution in [0.15, 0.2) is 50.5 Å². The van der Waals surface area contributed by atoms with Crippen molar-refractivity contribution in [3.8, 4) is 0 Å². The molecule has 0 fully saturated rings. The van der Waals surface area contributed by atoms with Crippen LogP contribution in [0.1, 0.15) is 10.4 Å². The number of carboxylic acid groups (broad SMARTS) is 1. The van der Waals surface area contributed by atoms with E-state index in [2.05, 4.69) is 41.6 Å². The van der Waals surface area contributed by atoms with E-state index in [0.29, 0.717) is 10.2 Å². The third-order valence-corrected chi connectivity index (χ3v) is 4.86. The fourth-order valence-corrected chi connectivity index (χ4v) is 3.72. The molecule has 0 aliphatic carbocycles. The Hall–Kier alpha value is -1.45. The summed E-state index contributed by atoms with van der Waals surface area (Å²) in [6.45, 7) is 0. The van der Waals surface area contributed by atoms with Crippen molar-refractivity contribution in [3.05, 3.63) is 51.0 Å². The molecule has 110 valence electrons. The van der Waals surface area contributed by atoms with Crippen LogP contribution in [0.25, 0.3) is 0 Å². The Kier molecular flexibility index (Phi) is 4.64. The summed E-state index contributed by atoms with van der Waals surface area (Å²) in [4.78, 5) is 14.4. The smallest absolute Gasteiger partial charge is 0.337 e. The molecule has 0 saturated heterocycles. The highest BCUT2D eigenvalue weighted by atomic mass is 79.9. The van der Waals surface area contributed by atoms with Crippen LogP contribution in [0.3, 0.4) is 0 Å². The Morgan fingerprint density at radius 3 is 2.43 bits per heavy atom. The number of anilines is 1. The lowest BCUT2D eigenvalue weighted by Crippen LogP contribution is -2.15. The average Bonchev–Trinajstić information content (AvgIpc) is 2.42. The van der Waals surface area contributed by atoms with Crippen LogP contribution in [0, 0.1) is 0 Å². The summed E-state index contributed by atoms with van der Waals surface area (Å²) in [7, 11) is -3.89. The summed E-state index contributed by atoms with van der Waals surface area (Å²) in [5.74, 6) is -1.17. The maximum atomic E-state index is 12.2. The van der Waals surface area contributed by atoms with Gasteiger partial charge in [0.15, 0.2) is 5.03 Å². The first-order chi connectivity index (χ1) is 9.79. The van der Waals surface area contributed by atoms with Crippen LogP contribution in [0.2, 0.25) is 0 Å². The summed E-state index contributed by atoms with van der Waals surface area (Å²) >= 11 is 6.52. The number of hydrogen-bond acceptors (Lipinski definition) is 4. The summed E-state index contributed by atoms with van der Waals surface area (Å²) in [5.41, 5.74) is 0.265. The number of halogens is 2. The van der Waals surface area contributed by atoms with E-state index in [4.69, 9.17) is 5.11 Å². The minimum atomic E-state index is -3.89. The molecule has 1 aromatic carbocycles. The Morgan fingerprint density at radius 1 is 1.19 bits per heavy atom. The molecule has 9 heteroatoms. The fourth-order valence-electron chi connectivity index (χ4n) is 1.44. The lowest BCUT2D eigenvalue weighted by atomic mass is 10.3. The van der Waals surface area contributed by atoms with E-state index in [1.165, 1.54) is 6.07 Å². The molecule has 0 spiro atoms. The van der Waals surface area contributed by atoms with Gasteiger partial charge in [-0.05, 0) is 46.3 Å². The van der Waals surface area contributed by atoms with Gasteiger partial charge in [-0.3, -0.25) is 4.72 Å². The molecule has 0 aliphatic heterocycles. The molecule has 0 atom stereocenters. The van der Waals surface area contributed by atoms with Crippen LogP contribution in [-0.4, -0.2) is 24.5 Å². The van der Waals surface area contributed by atoms with Crippen molar-refractivity contribution in [2.45, 2.75) is 5.03 Å². The van der Waals surface area contributed by atoms with Gasteiger partial charge < -0.3 is 5.11 Å². The van der Waals surface area contributed by atoms with Crippen molar-refractivity contribution in [1.29, 1.82) is 0 Å². The summed E-state index contributed by atoms with van der Waals surface area (Å²) in [6.07, 6.45) is 0.994. The molecule has 0 unspecified atom stereocenters. The summed E-state index contributed by atoms with van der Waals surface area (Å²) in [5, 5.41) is 8.50. The number of sulfonamides is 1. The van der Waals surface area contributed by atoms with Gasteiger partial charge in [0, 0.05) is 15.1 Å². The van der Waals surface area contributed by atoms with E-state index in [1.54, 1.807) is 18.2 Å². The van der Waals surface area contributed by atoms with E-state index < -0.39 is 16.0 Å². The van der Waals surface area contributed by atoms with Gasteiger partial charge in [0.25, 0.3) is 10.0 Å². The Labute approximate surface area is 137 Å². The molecule has 0 bridgehead atoms. The van der Waals surface area contributed by atoms with E-state index in [0.717, 1.165) is 16.7 Å². The van der Waals surface area contributed by atoms with E-state index in [9.17, 15) is 13.2 Å². The van der Waals surface area contributed by atoms with Gasteiger partial charge in [0.2, 0.25) is 0 Å². The highest BCUT2D eigenvalue weighted by Crippen LogP contribution is 2.27. The second-order valence-corrected chi connectivity index (χ2v) is 7.32. The molecule has 6 nitrogen and oxygen atoms in total. The van der Waals surface area contributed by atoms with Crippen LogP contribution in [0.5, 0.6) is 0 Å². The van der Waals surface area contributed by atoms with Gasteiger partial charge in [-0.1, -0.05) is 15.9 Å². The van der Waals surface area contributed by atoms with Crippen molar-refractivity contribution < 1.29 is 18.3 Å². The number of aromatic nitrogens is 1. The van der Waals surface area contributed by atoms with Crippen LogP contribution in [-0.2, 0) is 10.0 Å². The first kappa shape index (κ1) is 15.9. The molecular weight excluding hydrogens is 428 g/mol. The Bertz CT molecular complexity index is 791. The zero-order valence-corrected chi connectivity index (χ0v) is 14.2. The predicted octanol–water partition coefficient (Wildman–Crippen LogP) is 3.11. The first-order valence-electron chi connectivity index (χ1n) is 5.47. The molecule has 2 N–H and O–H groups in total. The summed E-state index contributed by atoms with van der Waals surface area (Å²) in [6, 6.07) is 7.28. The highest BCUT2D eigenvalue weighted by molar-refractivity contribution is 9.11. The first-order valence-corrected chi connectivity index (χ1v) is 8.54. The Morgan fingerprint density at radius 2 is 1.90 bits per heavy atom. The largest absolute Gasteiger partial charge is 0.478 e. The van der Waals surface area contributed by atoms with Gasteiger partial charge in [-0.15, -0.1) is 0 Å². The topological polar surface area (TPSA) is 96.4 Å². The van der Waals surface area contributed by atoms with Gasteiger partial charge in [-0.25, -0.2) is 9.78 Å². The third kappa shape index (κ3) is 3.80. The lowest BCUT2D eigenvalue weighted by Gasteiger charge is -2.09. The maximum Gasteiger partial charge on any atom is 0.337 e. The molecule has 1 heterocycles. The van der Waals surface area contributed by atoms with Crippen LogP contribution in [0.4, 0.5) is 5.69 Å². The Balaban J connectivity index is 2.31. The fraction of sp³-hybridized carbons (Fsp3) is 0. The normalized spacial score (nSPS) is 11.1. The van der Waals surface area contributed by atoms with Gasteiger partial charge in [0.05, 0.1) is 11.3 Å². The number of hydrogen-bond donors (Lipinski definition) is 2. The van der Waals surface area contributed by atoms with Gasteiger partial charge >= 0.3 is 5.97 Å². The van der Waals surface area contributed by atoms with Crippen LogP contribution >= 0.6 is 31.9 Å². The molecular formula is C12H8Br2N2O4S. The number of carbonyl (C=O) groups is 1. The van der Waals surface area contributed by atoms with E-state index in [-0.39, 0.29) is 10.6 Å². The van der Waals surface area contributed by atoms with Crippen molar-refractivity contribution in [3.63, 3.8) is 0 Å². The third-order valence-electron chi connectivity index (χ3n) is 2.43. The van der Waals surface area contributed by atoms with E-state index >= 15 is 0 Å². The predicted molar refractivity (Wildman–Crippen MR) is 83.8 cm³/mol. The second kappa shape index (κ2) is 6.12. The van der Waals surface area contributed by atoms with Gasteiger partial charge in [-0.2, -0.15) is 8.42 Å². The number of benzene rings is 1. The van der Waals surface area contributed by atoms with Gasteiger partial charge in [0.1, 0.15) is 0 Å². The monoisotopic (exact) mass is 434 g/mol.